The lowest BCUT2D eigenvalue weighted by Gasteiger charge is -2.08. The molecule has 0 amide bonds. The molecule has 3 nitrogen and oxygen atoms in total. The summed E-state index contributed by atoms with van der Waals surface area (Å²) in [6.07, 6.45) is 7.73. The first-order valence-corrected chi connectivity index (χ1v) is 11.8. The van der Waals surface area contributed by atoms with E-state index in [1.54, 1.807) is 0 Å². The van der Waals surface area contributed by atoms with Crippen molar-refractivity contribution in [3.8, 4) is 0 Å². The molecule has 8 aromatic rings. The minimum atomic E-state index is 0.960. The molecule has 5 heteroatoms. The lowest BCUT2D eigenvalue weighted by Crippen LogP contribution is -1.91. The van der Waals surface area contributed by atoms with Crippen LogP contribution >= 0.6 is 22.7 Å². The van der Waals surface area contributed by atoms with Crippen LogP contribution in [-0.4, -0.2) is 14.4 Å². The maximum atomic E-state index is 4.63. The highest BCUT2D eigenvalue weighted by atomic mass is 32.1. The van der Waals surface area contributed by atoms with Crippen LogP contribution in [0.5, 0.6) is 0 Å². The first-order chi connectivity index (χ1) is 15.4. The third kappa shape index (κ3) is 1.98. The van der Waals surface area contributed by atoms with E-state index in [-0.39, 0.29) is 0 Å². The summed E-state index contributed by atoms with van der Waals surface area (Å²) in [6, 6.07) is 20.1. The molecule has 5 aromatic heterocycles. The Hall–Kier alpha value is -3.54. The summed E-state index contributed by atoms with van der Waals surface area (Å²) in [6.45, 7) is 0. The summed E-state index contributed by atoms with van der Waals surface area (Å²) < 4.78 is 7.60. The number of nitrogens with zero attached hydrogens (tertiary/aromatic N) is 3. The van der Waals surface area contributed by atoms with Gasteiger partial charge in [-0.25, -0.2) is 4.98 Å². The Bertz CT molecular complexity index is 2010. The molecule has 31 heavy (non-hydrogen) atoms. The lowest BCUT2D eigenvalue weighted by molar-refractivity contribution is 1.27. The number of thiophene rings is 2. The normalized spacial score (nSPS) is 12.5. The molecule has 0 unspecified atom stereocenters. The Balaban J connectivity index is 1.64. The van der Waals surface area contributed by atoms with Gasteiger partial charge in [-0.3, -0.25) is 9.38 Å². The van der Waals surface area contributed by atoms with Crippen molar-refractivity contribution in [3.63, 3.8) is 0 Å². The summed E-state index contributed by atoms with van der Waals surface area (Å²) in [5.74, 6) is 0. The number of aromatic nitrogens is 3. The maximum absolute atomic E-state index is 4.63. The van der Waals surface area contributed by atoms with Crippen LogP contribution in [0.25, 0.3) is 67.7 Å². The number of imidazole rings is 1. The average molecular weight is 432 g/mol. The van der Waals surface area contributed by atoms with Crippen molar-refractivity contribution in [2.75, 3.05) is 0 Å². The van der Waals surface area contributed by atoms with Crippen LogP contribution in [0.2, 0.25) is 0 Å². The van der Waals surface area contributed by atoms with Crippen LogP contribution in [0.1, 0.15) is 0 Å². The Morgan fingerprint density at radius 3 is 2.65 bits per heavy atom. The van der Waals surface area contributed by atoms with E-state index < -0.39 is 0 Å². The molecule has 3 aromatic carbocycles. The third-order valence-corrected chi connectivity index (χ3v) is 8.67. The smallest absolute Gasteiger partial charge is 0.146 e. The van der Waals surface area contributed by atoms with E-state index in [4.69, 9.17) is 0 Å². The van der Waals surface area contributed by atoms with Crippen molar-refractivity contribution in [1.29, 1.82) is 0 Å². The summed E-state index contributed by atoms with van der Waals surface area (Å²) in [5.41, 5.74) is 2.15. The Labute approximate surface area is 183 Å². The molecule has 0 N–H and O–H groups in total. The van der Waals surface area contributed by atoms with Gasteiger partial charge in [-0.2, -0.15) is 0 Å². The van der Waals surface area contributed by atoms with E-state index in [1.165, 1.54) is 56.6 Å². The van der Waals surface area contributed by atoms with Gasteiger partial charge in [-0.15, -0.1) is 22.7 Å². The monoisotopic (exact) mass is 431 g/mol. The van der Waals surface area contributed by atoms with Crippen LogP contribution < -0.4 is 0 Å². The van der Waals surface area contributed by atoms with E-state index in [2.05, 4.69) is 75.2 Å². The number of fused-ring (bicyclic) bond motifs is 13. The predicted octanol–water partition coefficient (Wildman–Crippen LogP) is 7.77. The van der Waals surface area contributed by atoms with Gasteiger partial charge in [0, 0.05) is 75.9 Å². The van der Waals surface area contributed by atoms with Crippen LogP contribution in [0, 0.1) is 0 Å². The minimum Gasteiger partial charge on any atom is -0.299 e. The molecule has 0 spiro atoms. The summed E-state index contributed by atoms with van der Waals surface area (Å²) in [4.78, 5) is 8.99. The quantitative estimate of drug-likeness (QED) is 0.230. The molecule has 0 aliphatic heterocycles. The summed E-state index contributed by atoms with van der Waals surface area (Å²) in [5, 5.41) is 8.94. The van der Waals surface area contributed by atoms with Gasteiger partial charge >= 0.3 is 0 Å². The molecule has 0 aliphatic carbocycles. The van der Waals surface area contributed by atoms with Crippen LogP contribution in [0.4, 0.5) is 0 Å². The average Bonchev–Trinajstić information content (AvgIpc) is 3.52. The molecule has 0 bridgehead atoms. The molecule has 0 saturated heterocycles. The summed E-state index contributed by atoms with van der Waals surface area (Å²) in [7, 11) is 0. The standard InChI is InChI=1S/C26H13N3S2/c1-2-4-21-15(3-1)16-5-6-22-24(25(16)31-21)18-11-20-17(12-23(18)30-22)14-7-8-27-13-19(14)26-28-9-10-29(20)26/h1-13H. The molecular formula is C26H13N3S2. The Morgan fingerprint density at radius 1 is 0.677 bits per heavy atom. The van der Waals surface area contributed by atoms with Crippen LogP contribution in [-0.2, 0) is 0 Å². The molecule has 5 heterocycles. The van der Waals surface area contributed by atoms with E-state index in [0.717, 1.165) is 11.0 Å². The molecule has 144 valence electrons. The van der Waals surface area contributed by atoms with Crippen molar-refractivity contribution < 1.29 is 0 Å². The molecule has 8 rings (SSSR count). The highest BCUT2D eigenvalue weighted by Gasteiger charge is 2.16. The molecule has 0 atom stereocenters. The fourth-order valence-electron chi connectivity index (χ4n) is 5.00. The van der Waals surface area contributed by atoms with Crippen LogP contribution in [0.3, 0.4) is 0 Å². The number of pyridine rings is 2. The van der Waals surface area contributed by atoms with Crippen molar-refractivity contribution in [3.05, 3.63) is 79.4 Å². The molecular weight excluding hydrogens is 418 g/mol. The van der Waals surface area contributed by atoms with Gasteiger partial charge in [0.15, 0.2) is 0 Å². The molecule has 0 saturated carbocycles. The van der Waals surface area contributed by atoms with Crippen molar-refractivity contribution in [1.82, 2.24) is 14.4 Å². The summed E-state index contributed by atoms with van der Waals surface area (Å²) >= 11 is 3.79. The Morgan fingerprint density at radius 2 is 1.65 bits per heavy atom. The van der Waals surface area contributed by atoms with E-state index in [1.807, 2.05) is 41.3 Å². The van der Waals surface area contributed by atoms with Gasteiger partial charge < -0.3 is 0 Å². The number of rotatable bonds is 0. The van der Waals surface area contributed by atoms with E-state index in [9.17, 15) is 0 Å². The zero-order valence-electron chi connectivity index (χ0n) is 16.2. The van der Waals surface area contributed by atoms with Gasteiger partial charge in [0.1, 0.15) is 5.65 Å². The first kappa shape index (κ1) is 16.2. The van der Waals surface area contributed by atoms with Gasteiger partial charge in [-0.05, 0) is 35.7 Å². The van der Waals surface area contributed by atoms with Gasteiger partial charge in [-0.1, -0.05) is 24.3 Å². The SMILES string of the molecule is c1ccc2c(c1)sc1c2ccc2sc3cc4c5ccncc5c5nccn5c4cc3c21. The highest BCUT2D eigenvalue weighted by Crippen LogP contribution is 2.45. The van der Waals surface area contributed by atoms with Gasteiger partial charge in [0.2, 0.25) is 0 Å². The Kier molecular flexibility index (Phi) is 2.91. The minimum absolute atomic E-state index is 0.960. The second-order valence-electron chi connectivity index (χ2n) is 7.92. The number of hydrogen-bond donors (Lipinski definition) is 0. The highest BCUT2D eigenvalue weighted by molar-refractivity contribution is 7.29. The molecule has 0 aliphatic rings. The molecule has 0 radical (unpaired) electrons. The van der Waals surface area contributed by atoms with E-state index >= 15 is 0 Å². The number of hydrogen-bond acceptors (Lipinski definition) is 4. The van der Waals surface area contributed by atoms with E-state index in [0.29, 0.717) is 0 Å². The zero-order valence-corrected chi connectivity index (χ0v) is 17.8. The van der Waals surface area contributed by atoms with Gasteiger partial charge in [0.25, 0.3) is 0 Å². The van der Waals surface area contributed by atoms with Crippen LogP contribution in [0.15, 0.2) is 79.4 Å². The lowest BCUT2D eigenvalue weighted by atomic mass is 10.0. The fourth-order valence-corrected chi connectivity index (χ4v) is 7.46. The second-order valence-corrected chi connectivity index (χ2v) is 10.1. The van der Waals surface area contributed by atoms with Crippen molar-refractivity contribution in [2.24, 2.45) is 0 Å². The molecule has 0 fully saturated rings. The first-order valence-electron chi connectivity index (χ1n) is 10.2. The van der Waals surface area contributed by atoms with Gasteiger partial charge in [0.05, 0.1) is 5.52 Å². The number of benzene rings is 3. The second kappa shape index (κ2) is 5.58. The zero-order chi connectivity index (χ0) is 20.1. The van der Waals surface area contributed by atoms with Crippen molar-refractivity contribution >= 4 is 90.3 Å². The topological polar surface area (TPSA) is 30.2 Å². The van der Waals surface area contributed by atoms with Crippen molar-refractivity contribution in [2.45, 2.75) is 0 Å². The fraction of sp³-hybridized carbons (Fsp3) is 0. The largest absolute Gasteiger partial charge is 0.299 e. The maximum Gasteiger partial charge on any atom is 0.146 e. The predicted molar refractivity (Wildman–Crippen MR) is 134 cm³/mol. The third-order valence-electron chi connectivity index (χ3n) is 6.35.